The minimum absolute atomic E-state index is 0.0383. The van der Waals surface area contributed by atoms with Crippen LogP contribution in [0.4, 0.5) is 10.6 Å². The topological polar surface area (TPSA) is 99.4 Å². The molecule has 2 aromatic rings. The van der Waals surface area contributed by atoms with Gasteiger partial charge in [-0.05, 0) is 77.0 Å². The van der Waals surface area contributed by atoms with E-state index >= 15 is 0 Å². The molecule has 8 nitrogen and oxygen atoms in total. The van der Waals surface area contributed by atoms with Gasteiger partial charge < -0.3 is 15.4 Å². The summed E-state index contributed by atoms with van der Waals surface area (Å²) in [5.41, 5.74) is 3.20. The number of likely N-dealkylation sites (tertiary alicyclic amines) is 1. The molecule has 1 fully saturated rings. The fourth-order valence-electron chi connectivity index (χ4n) is 4.98. The monoisotopic (exact) mass is 477 g/mol. The third kappa shape index (κ3) is 6.04. The van der Waals surface area contributed by atoms with Crippen molar-refractivity contribution in [1.29, 1.82) is 5.26 Å². The number of alkyl carbamates (subject to hydrolysis) is 1. The van der Waals surface area contributed by atoms with Crippen LogP contribution in [0.5, 0.6) is 0 Å². The summed E-state index contributed by atoms with van der Waals surface area (Å²) in [6, 6.07) is 12.3. The summed E-state index contributed by atoms with van der Waals surface area (Å²) < 4.78 is 7.40. The highest BCUT2D eigenvalue weighted by Gasteiger charge is 2.28. The van der Waals surface area contributed by atoms with Crippen molar-refractivity contribution in [1.82, 2.24) is 14.8 Å². The zero-order chi connectivity index (χ0) is 25.0. The second-order valence-electron chi connectivity index (χ2n) is 10.4. The molecule has 0 saturated carbocycles. The van der Waals surface area contributed by atoms with Crippen LogP contribution in [0.3, 0.4) is 0 Å². The van der Waals surface area contributed by atoms with Crippen molar-refractivity contribution >= 4 is 17.8 Å². The standard InChI is InChI=1S/C27H35N5O3/c1-27(2,3)35-26(34)29-19-13-15-31(16-14-19)18-24(33)30-25-22(17-28)21-11-7-8-12-23(21)32(25)20-9-5-4-6-10-20/h4-6,9-10,19H,7-8,11-16,18H2,1-3H3,(H,29,34)(H,30,33). The Labute approximate surface area is 207 Å². The van der Waals surface area contributed by atoms with E-state index in [1.165, 1.54) is 0 Å². The third-order valence-corrected chi connectivity index (χ3v) is 6.53. The molecule has 1 aromatic heterocycles. The van der Waals surface area contributed by atoms with Crippen molar-refractivity contribution in [3.63, 3.8) is 0 Å². The number of aromatic nitrogens is 1. The molecule has 2 N–H and O–H groups in total. The normalized spacial score (nSPS) is 16.7. The number of benzene rings is 1. The Morgan fingerprint density at radius 2 is 1.80 bits per heavy atom. The summed E-state index contributed by atoms with van der Waals surface area (Å²) in [6.45, 7) is 7.18. The highest BCUT2D eigenvalue weighted by Crippen LogP contribution is 2.35. The van der Waals surface area contributed by atoms with Gasteiger partial charge >= 0.3 is 6.09 Å². The van der Waals surface area contributed by atoms with Crippen LogP contribution in [0.15, 0.2) is 30.3 Å². The van der Waals surface area contributed by atoms with Gasteiger partial charge in [0, 0.05) is 30.5 Å². The molecule has 1 aromatic carbocycles. The maximum Gasteiger partial charge on any atom is 0.407 e. The molecule has 0 unspecified atom stereocenters. The summed E-state index contributed by atoms with van der Waals surface area (Å²) in [7, 11) is 0. The Hall–Kier alpha value is -3.31. The zero-order valence-electron chi connectivity index (χ0n) is 20.9. The molecule has 1 aliphatic heterocycles. The summed E-state index contributed by atoms with van der Waals surface area (Å²) in [5.74, 6) is 0.448. The van der Waals surface area contributed by atoms with Crippen LogP contribution in [-0.4, -0.2) is 52.7 Å². The van der Waals surface area contributed by atoms with Gasteiger partial charge in [0.05, 0.1) is 12.1 Å². The lowest BCUT2D eigenvalue weighted by Gasteiger charge is -2.32. The number of anilines is 1. The molecule has 1 saturated heterocycles. The van der Waals surface area contributed by atoms with Crippen LogP contribution in [0.2, 0.25) is 0 Å². The number of carbonyl (C=O) groups excluding carboxylic acids is 2. The summed E-state index contributed by atoms with van der Waals surface area (Å²) in [5, 5.41) is 16.0. The lowest BCUT2D eigenvalue weighted by atomic mass is 9.95. The number of ether oxygens (including phenoxy) is 1. The maximum absolute atomic E-state index is 13.1. The van der Waals surface area contributed by atoms with Crippen molar-refractivity contribution in [2.75, 3.05) is 25.0 Å². The average molecular weight is 478 g/mol. The SMILES string of the molecule is CC(C)(C)OC(=O)NC1CCN(CC(=O)Nc2c(C#N)c3c(n2-c2ccccc2)CCCC3)CC1. The number of amides is 2. The van der Waals surface area contributed by atoms with E-state index in [4.69, 9.17) is 4.74 Å². The zero-order valence-corrected chi connectivity index (χ0v) is 20.9. The molecule has 35 heavy (non-hydrogen) atoms. The highest BCUT2D eigenvalue weighted by molar-refractivity contribution is 5.93. The quantitative estimate of drug-likeness (QED) is 0.674. The first kappa shape index (κ1) is 24.8. The molecule has 0 atom stereocenters. The van der Waals surface area contributed by atoms with E-state index in [0.717, 1.165) is 55.5 Å². The molecule has 2 heterocycles. The van der Waals surface area contributed by atoms with Crippen molar-refractivity contribution in [2.24, 2.45) is 0 Å². The van der Waals surface area contributed by atoms with E-state index in [1.54, 1.807) is 0 Å². The second kappa shape index (κ2) is 10.5. The smallest absolute Gasteiger partial charge is 0.407 e. The number of carbonyl (C=O) groups is 2. The first-order chi connectivity index (χ1) is 16.7. The highest BCUT2D eigenvalue weighted by atomic mass is 16.6. The molecular weight excluding hydrogens is 442 g/mol. The minimum Gasteiger partial charge on any atom is -0.444 e. The Balaban J connectivity index is 1.42. The van der Waals surface area contributed by atoms with Crippen molar-refractivity contribution in [3.8, 4) is 11.8 Å². The minimum atomic E-state index is -0.526. The third-order valence-electron chi connectivity index (χ3n) is 6.53. The number of piperidine rings is 1. The molecule has 4 rings (SSSR count). The van der Waals surface area contributed by atoms with E-state index in [-0.39, 0.29) is 18.5 Å². The predicted molar refractivity (Wildman–Crippen MR) is 135 cm³/mol. The van der Waals surface area contributed by atoms with Gasteiger partial charge in [0.2, 0.25) is 5.91 Å². The molecule has 2 aliphatic rings. The van der Waals surface area contributed by atoms with Gasteiger partial charge in [0.25, 0.3) is 0 Å². The van der Waals surface area contributed by atoms with Crippen molar-refractivity contribution in [2.45, 2.75) is 70.9 Å². The number of nitriles is 1. The molecule has 2 amide bonds. The molecule has 0 bridgehead atoms. The Morgan fingerprint density at radius 1 is 1.11 bits per heavy atom. The number of para-hydroxylation sites is 1. The van der Waals surface area contributed by atoms with Crippen molar-refractivity contribution < 1.29 is 14.3 Å². The Kier molecular flexibility index (Phi) is 7.46. The molecule has 8 heteroatoms. The van der Waals surface area contributed by atoms with Gasteiger partial charge in [0.1, 0.15) is 17.5 Å². The van der Waals surface area contributed by atoms with E-state index in [1.807, 2.05) is 51.1 Å². The summed E-state index contributed by atoms with van der Waals surface area (Å²) in [4.78, 5) is 27.2. The van der Waals surface area contributed by atoms with Gasteiger partial charge in [-0.3, -0.25) is 14.3 Å². The number of rotatable bonds is 5. The van der Waals surface area contributed by atoms with Crippen molar-refractivity contribution in [3.05, 3.63) is 47.2 Å². The average Bonchev–Trinajstić information content (AvgIpc) is 3.12. The van der Waals surface area contributed by atoms with Gasteiger partial charge in [0.15, 0.2) is 0 Å². The first-order valence-corrected chi connectivity index (χ1v) is 12.5. The lowest BCUT2D eigenvalue weighted by molar-refractivity contribution is -0.117. The van der Waals surface area contributed by atoms with Crippen LogP contribution >= 0.6 is 0 Å². The molecular formula is C27H35N5O3. The van der Waals surface area contributed by atoms with Crippen LogP contribution in [0.1, 0.15) is 63.3 Å². The largest absolute Gasteiger partial charge is 0.444 e. The van der Waals surface area contributed by atoms with Gasteiger partial charge in [-0.15, -0.1) is 0 Å². The lowest BCUT2D eigenvalue weighted by Crippen LogP contribution is -2.47. The molecule has 0 radical (unpaired) electrons. The number of nitrogens with one attached hydrogen (secondary N) is 2. The predicted octanol–water partition coefficient (Wildman–Crippen LogP) is 4.16. The molecule has 1 aliphatic carbocycles. The van der Waals surface area contributed by atoms with Gasteiger partial charge in [-0.1, -0.05) is 18.2 Å². The van der Waals surface area contributed by atoms with Crippen LogP contribution in [0.25, 0.3) is 5.69 Å². The van der Waals surface area contributed by atoms with Gasteiger partial charge in [-0.2, -0.15) is 5.26 Å². The van der Waals surface area contributed by atoms with Crippen LogP contribution in [-0.2, 0) is 22.4 Å². The number of hydrogen-bond acceptors (Lipinski definition) is 5. The number of hydrogen-bond donors (Lipinski definition) is 2. The fourth-order valence-corrected chi connectivity index (χ4v) is 4.98. The maximum atomic E-state index is 13.1. The first-order valence-electron chi connectivity index (χ1n) is 12.5. The molecule has 0 spiro atoms. The Morgan fingerprint density at radius 3 is 2.46 bits per heavy atom. The van der Waals surface area contributed by atoms with Gasteiger partial charge in [-0.25, -0.2) is 4.79 Å². The van der Waals surface area contributed by atoms with E-state index in [0.29, 0.717) is 24.5 Å². The van der Waals surface area contributed by atoms with E-state index in [9.17, 15) is 14.9 Å². The summed E-state index contributed by atoms with van der Waals surface area (Å²) in [6.07, 6.45) is 5.00. The Bertz CT molecular complexity index is 1100. The van der Waals surface area contributed by atoms with Crippen LogP contribution in [0, 0.1) is 11.3 Å². The summed E-state index contributed by atoms with van der Waals surface area (Å²) >= 11 is 0. The van der Waals surface area contributed by atoms with Crippen LogP contribution < -0.4 is 10.6 Å². The number of fused-ring (bicyclic) bond motifs is 1. The van der Waals surface area contributed by atoms with E-state index < -0.39 is 11.7 Å². The second-order valence-corrected chi connectivity index (χ2v) is 10.4. The van der Waals surface area contributed by atoms with E-state index in [2.05, 4.69) is 26.2 Å². The molecule has 186 valence electrons. The fraction of sp³-hybridized carbons (Fsp3) is 0.519. The number of nitrogens with zero attached hydrogens (tertiary/aromatic N) is 3.